The van der Waals surface area contributed by atoms with Crippen molar-refractivity contribution in [2.75, 3.05) is 10.6 Å². The molecule has 0 bridgehead atoms. The van der Waals surface area contributed by atoms with E-state index in [4.69, 9.17) is 0 Å². The summed E-state index contributed by atoms with van der Waals surface area (Å²) >= 11 is 0. The summed E-state index contributed by atoms with van der Waals surface area (Å²) in [6.45, 7) is 9.08. The topological polar surface area (TPSA) is 24.1 Å². The summed E-state index contributed by atoms with van der Waals surface area (Å²) in [7, 11) is 0. The lowest BCUT2D eigenvalue weighted by Gasteiger charge is -2.38. The number of hydrogen-bond donors (Lipinski definition) is 2. The SMILES string of the molecule is Cc1cc(Nc2ccccc2)cc2c1NC(C)(C)CC2C. The maximum Gasteiger partial charge on any atom is 0.0410 e. The van der Waals surface area contributed by atoms with Crippen molar-refractivity contribution in [1.82, 2.24) is 0 Å². The number of benzene rings is 2. The van der Waals surface area contributed by atoms with Crippen molar-refractivity contribution >= 4 is 17.1 Å². The van der Waals surface area contributed by atoms with Crippen LogP contribution in [-0.4, -0.2) is 5.54 Å². The standard InChI is InChI=1S/C19H24N2/c1-13-10-16(20-15-8-6-5-7-9-15)11-17-14(2)12-19(3,4)21-18(13)17/h5-11,14,20-21H,12H2,1-4H3. The first-order valence-corrected chi connectivity index (χ1v) is 7.69. The first-order valence-electron chi connectivity index (χ1n) is 7.69. The van der Waals surface area contributed by atoms with Crippen molar-refractivity contribution in [3.63, 3.8) is 0 Å². The van der Waals surface area contributed by atoms with Gasteiger partial charge in [0.05, 0.1) is 0 Å². The molecule has 2 aromatic carbocycles. The third kappa shape index (κ3) is 2.90. The smallest absolute Gasteiger partial charge is 0.0410 e. The highest BCUT2D eigenvalue weighted by Gasteiger charge is 2.30. The average Bonchev–Trinajstić information content (AvgIpc) is 2.41. The Morgan fingerprint density at radius 1 is 1.10 bits per heavy atom. The van der Waals surface area contributed by atoms with Crippen molar-refractivity contribution in [2.45, 2.75) is 45.6 Å². The molecule has 0 radical (unpaired) electrons. The highest BCUT2D eigenvalue weighted by atomic mass is 15.0. The fraction of sp³-hybridized carbons (Fsp3) is 0.368. The molecule has 0 amide bonds. The molecule has 2 nitrogen and oxygen atoms in total. The molecule has 1 aliphatic rings. The Labute approximate surface area is 127 Å². The number of rotatable bonds is 2. The lowest BCUT2D eigenvalue weighted by Crippen LogP contribution is -2.37. The Bertz CT molecular complexity index is 644. The van der Waals surface area contributed by atoms with Gasteiger partial charge >= 0.3 is 0 Å². The molecule has 1 aliphatic heterocycles. The number of nitrogens with one attached hydrogen (secondary N) is 2. The van der Waals surface area contributed by atoms with Crippen LogP contribution < -0.4 is 10.6 Å². The van der Waals surface area contributed by atoms with Gasteiger partial charge in [-0.1, -0.05) is 25.1 Å². The van der Waals surface area contributed by atoms with Gasteiger partial charge in [-0.2, -0.15) is 0 Å². The van der Waals surface area contributed by atoms with Crippen LogP contribution in [0.25, 0.3) is 0 Å². The molecule has 2 N–H and O–H groups in total. The summed E-state index contributed by atoms with van der Waals surface area (Å²) in [4.78, 5) is 0. The van der Waals surface area contributed by atoms with Crippen molar-refractivity contribution in [2.24, 2.45) is 0 Å². The van der Waals surface area contributed by atoms with E-state index < -0.39 is 0 Å². The Balaban J connectivity index is 1.96. The van der Waals surface area contributed by atoms with E-state index in [2.05, 4.69) is 74.7 Å². The second-order valence-electron chi connectivity index (χ2n) is 6.86. The molecule has 2 heteroatoms. The fourth-order valence-corrected chi connectivity index (χ4v) is 3.40. The van der Waals surface area contributed by atoms with E-state index in [1.54, 1.807) is 0 Å². The van der Waals surface area contributed by atoms with Crippen molar-refractivity contribution in [3.05, 3.63) is 53.6 Å². The van der Waals surface area contributed by atoms with Gasteiger partial charge in [0.2, 0.25) is 0 Å². The zero-order valence-corrected chi connectivity index (χ0v) is 13.3. The van der Waals surface area contributed by atoms with Gasteiger partial charge in [-0.15, -0.1) is 0 Å². The molecule has 0 saturated heterocycles. The van der Waals surface area contributed by atoms with Gasteiger partial charge in [-0.05, 0) is 68.5 Å². The minimum absolute atomic E-state index is 0.172. The zero-order valence-electron chi connectivity index (χ0n) is 13.3. The van der Waals surface area contributed by atoms with Gasteiger partial charge in [0, 0.05) is 22.6 Å². The molecule has 1 unspecified atom stereocenters. The Kier molecular flexibility index (Phi) is 3.40. The minimum Gasteiger partial charge on any atom is -0.380 e. The van der Waals surface area contributed by atoms with Gasteiger partial charge in [0.1, 0.15) is 0 Å². The van der Waals surface area contributed by atoms with E-state index >= 15 is 0 Å². The van der Waals surface area contributed by atoms with Gasteiger partial charge in [0.15, 0.2) is 0 Å². The van der Waals surface area contributed by atoms with E-state index in [0.29, 0.717) is 5.92 Å². The maximum atomic E-state index is 3.70. The molecule has 1 heterocycles. The van der Waals surface area contributed by atoms with Crippen LogP contribution in [0.5, 0.6) is 0 Å². The van der Waals surface area contributed by atoms with Gasteiger partial charge in [-0.3, -0.25) is 0 Å². The highest BCUT2D eigenvalue weighted by molar-refractivity contribution is 5.71. The molecular formula is C19H24N2. The van der Waals surface area contributed by atoms with Crippen molar-refractivity contribution in [3.8, 4) is 0 Å². The van der Waals surface area contributed by atoms with Crippen LogP contribution >= 0.6 is 0 Å². The Hall–Kier alpha value is -1.96. The first kappa shape index (κ1) is 14.0. The Morgan fingerprint density at radius 3 is 2.52 bits per heavy atom. The summed E-state index contributed by atoms with van der Waals surface area (Å²) in [5.41, 5.74) is 6.53. The molecule has 0 saturated carbocycles. The monoisotopic (exact) mass is 280 g/mol. The van der Waals surface area contributed by atoms with Gasteiger partial charge in [-0.25, -0.2) is 0 Å². The van der Waals surface area contributed by atoms with Crippen LogP contribution in [0.4, 0.5) is 17.1 Å². The number of para-hydroxylation sites is 1. The first-order chi connectivity index (χ1) is 9.94. The lowest BCUT2D eigenvalue weighted by molar-refractivity contribution is 0.453. The van der Waals surface area contributed by atoms with Crippen LogP contribution in [0, 0.1) is 6.92 Å². The van der Waals surface area contributed by atoms with Gasteiger partial charge < -0.3 is 10.6 Å². The third-order valence-electron chi connectivity index (χ3n) is 4.24. The molecule has 0 fully saturated rings. The number of hydrogen-bond acceptors (Lipinski definition) is 2. The number of aryl methyl sites for hydroxylation is 1. The van der Waals surface area contributed by atoms with E-state index in [1.165, 1.54) is 22.5 Å². The molecule has 21 heavy (non-hydrogen) atoms. The molecule has 0 aliphatic carbocycles. The van der Waals surface area contributed by atoms with Crippen LogP contribution in [0.2, 0.25) is 0 Å². The second kappa shape index (κ2) is 5.10. The van der Waals surface area contributed by atoms with E-state index in [-0.39, 0.29) is 5.54 Å². The predicted octanol–water partition coefficient (Wildman–Crippen LogP) is 5.44. The number of fused-ring (bicyclic) bond motifs is 1. The molecule has 110 valence electrons. The summed E-state index contributed by atoms with van der Waals surface area (Å²) in [6, 6.07) is 14.9. The van der Waals surface area contributed by atoms with Gasteiger partial charge in [0.25, 0.3) is 0 Å². The van der Waals surface area contributed by atoms with Crippen molar-refractivity contribution < 1.29 is 0 Å². The van der Waals surface area contributed by atoms with Crippen LogP contribution in [-0.2, 0) is 0 Å². The van der Waals surface area contributed by atoms with E-state index in [1.807, 2.05) is 6.07 Å². The molecule has 1 atom stereocenters. The summed E-state index contributed by atoms with van der Waals surface area (Å²) in [6.07, 6.45) is 1.16. The largest absolute Gasteiger partial charge is 0.380 e. The number of anilines is 3. The maximum absolute atomic E-state index is 3.70. The van der Waals surface area contributed by atoms with Crippen LogP contribution in [0.1, 0.15) is 44.2 Å². The molecule has 3 rings (SSSR count). The van der Waals surface area contributed by atoms with E-state index in [0.717, 1.165) is 12.1 Å². The summed E-state index contributed by atoms with van der Waals surface area (Å²) in [5.74, 6) is 0.576. The molecule has 2 aromatic rings. The van der Waals surface area contributed by atoms with Crippen LogP contribution in [0.15, 0.2) is 42.5 Å². The quantitative estimate of drug-likeness (QED) is 0.765. The predicted molar refractivity (Wildman–Crippen MR) is 91.6 cm³/mol. The van der Waals surface area contributed by atoms with Crippen molar-refractivity contribution in [1.29, 1.82) is 0 Å². The zero-order chi connectivity index (χ0) is 15.0. The normalized spacial score (nSPS) is 19.5. The van der Waals surface area contributed by atoms with E-state index in [9.17, 15) is 0 Å². The summed E-state index contributed by atoms with van der Waals surface area (Å²) < 4.78 is 0. The minimum atomic E-state index is 0.172. The molecular weight excluding hydrogens is 256 g/mol. The average molecular weight is 280 g/mol. The molecule has 0 aromatic heterocycles. The third-order valence-corrected chi connectivity index (χ3v) is 4.24. The Morgan fingerprint density at radius 2 is 1.81 bits per heavy atom. The summed E-state index contributed by atoms with van der Waals surface area (Å²) in [5, 5.41) is 7.21. The second-order valence-corrected chi connectivity index (χ2v) is 6.86. The van der Waals surface area contributed by atoms with Crippen LogP contribution in [0.3, 0.4) is 0 Å². The lowest BCUT2D eigenvalue weighted by atomic mass is 9.81. The fourth-order valence-electron chi connectivity index (χ4n) is 3.40. The highest BCUT2D eigenvalue weighted by Crippen LogP contribution is 2.42. The molecule has 0 spiro atoms.